The van der Waals surface area contributed by atoms with Gasteiger partial charge in [-0.25, -0.2) is 0 Å². The van der Waals surface area contributed by atoms with Crippen LogP contribution in [-0.4, -0.2) is 37.0 Å². The lowest BCUT2D eigenvalue weighted by Crippen LogP contribution is -2.49. The summed E-state index contributed by atoms with van der Waals surface area (Å²) >= 11 is 5.92. The van der Waals surface area contributed by atoms with Crippen LogP contribution in [0.5, 0.6) is 0 Å². The topological polar surface area (TPSA) is 25.4 Å². The largest absolute Gasteiger partial charge is 0.416 e. The molecule has 7 heteroatoms. The van der Waals surface area contributed by atoms with Crippen molar-refractivity contribution in [2.75, 3.05) is 24.6 Å². The highest BCUT2D eigenvalue weighted by atomic mass is 35.5. The zero-order chi connectivity index (χ0) is 15.0. The van der Waals surface area contributed by atoms with Crippen LogP contribution >= 0.6 is 11.6 Å². The Bertz CT molecular complexity index is 662. The number of anilines is 1. The van der Waals surface area contributed by atoms with Crippen molar-refractivity contribution in [3.63, 3.8) is 0 Å². The minimum absolute atomic E-state index is 0.0432. The van der Waals surface area contributed by atoms with Gasteiger partial charge in [0.15, 0.2) is 6.10 Å². The third-order valence-corrected chi connectivity index (χ3v) is 3.69. The first-order chi connectivity index (χ1) is 9.95. The highest BCUT2D eigenvalue weighted by Crippen LogP contribution is 2.32. The summed E-state index contributed by atoms with van der Waals surface area (Å²) in [6.07, 6.45) is -4.54. The fourth-order valence-electron chi connectivity index (χ4n) is 2.45. The summed E-state index contributed by atoms with van der Waals surface area (Å²) < 4.78 is 43.3. The van der Waals surface area contributed by atoms with E-state index in [0.29, 0.717) is 22.8 Å². The molecule has 0 bridgehead atoms. The number of fused-ring (bicyclic) bond motifs is 1. The van der Waals surface area contributed by atoms with E-state index in [0.717, 1.165) is 5.39 Å². The van der Waals surface area contributed by atoms with Crippen molar-refractivity contribution in [1.29, 1.82) is 0 Å². The average molecular weight is 317 g/mol. The Kier molecular flexibility index (Phi) is 3.67. The Balaban J connectivity index is 1.96. The summed E-state index contributed by atoms with van der Waals surface area (Å²) in [5, 5.41) is 1.33. The predicted molar refractivity (Wildman–Crippen MR) is 74.8 cm³/mol. The number of rotatable bonds is 1. The monoisotopic (exact) mass is 316 g/mol. The molecule has 1 fully saturated rings. The van der Waals surface area contributed by atoms with E-state index in [1.807, 2.05) is 0 Å². The molecule has 1 saturated heterocycles. The summed E-state index contributed by atoms with van der Waals surface area (Å²) in [5.74, 6) is 0. The molecule has 0 aliphatic carbocycles. The number of aromatic nitrogens is 1. The molecule has 0 amide bonds. The van der Waals surface area contributed by atoms with Gasteiger partial charge < -0.3 is 9.64 Å². The smallest absolute Gasteiger partial charge is 0.366 e. The molecule has 0 N–H and O–H groups in total. The van der Waals surface area contributed by atoms with Gasteiger partial charge in [0.1, 0.15) is 0 Å². The molecule has 2 aromatic rings. The maximum Gasteiger partial charge on any atom is 0.416 e. The van der Waals surface area contributed by atoms with Crippen molar-refractivity contribution >= 4 is 28.2 Å². The number of ether oxygens (including phenoxy) is 1. The zero-order valence-electron chi connectivity index (χ0n) is 10.9. The molecule has 1 unspecified atom stereocenters. The second-order valence-corrected chi connectivity index (χ2v) is 5.28. The Morgan fingerprint density at radius 3 is 2.86 bits per heavy atom. The number of benzene rings is 1. The van der Waals surface area contributed by atoms with Crippen LogP contribution in [0.15, 0.2) is 30.5 Å². The third kappa shape index (κ3) is 2.91. The molecule has 1 aromatic heterocycles. The molecule has 21 heavy (non-hydrogen) atoms. The van der Waals surface area contributed by atoms with Gasteiger partial charge in [-0.1, -0.05) is 11.6 Å². The van der Waals surface area contributed by atoms with Gasteiger partial charge in [-0.15, -0.1) is 0 Å². The molecule has 1 aromatic carbocycles. The first-order valence-electron chi connectivity index (χ1n) is 6.43. The summed E-state index contributed by atoms with van der Waals surface area (Å²) in [5.41, 5.74) is 1.38. The Morgan fingerprint density at radius 2 is 2.10 bits per heavy atom. The molecule has 1 aliphatic rings. The van der Waals surface area contributed by atoms with Crippen LogP contribution in [0, 0.1) is 0 Å². The number of halogens is 4. The molecule has 0 radical (unpaired) electrons. The van der Waals surface area contributed by atoms with E-state index in [-0.39, 0.29) is 13.2 Å². The fourth-order valence-corrected chi connectivity index (χ4v) is 2.61. The fraction of sp³-hybridized carbons (Fsp3) is 0.357. The van der Waals surface area contributed by atoms with Crippen LogP contribution in [0.2, 0.25) is 5.02 Å². The first kappa shape index (κ1) is 14.4. The minimum Gasteiger partial charge on any atom is -0.366 e. The van der Waals surface area contributed by atoms with Crippen LogP contribution in [-0.2, 0) is 4.74 Å². The summed E-state index contributed by atoms with van der Waals surface area (Å²) in [7, 11) is 0. The molecule has 3 rings (SSSR count). The number of pyridine rings is 1. The Labute approximate surface area is 124 Å². The van der Waals surface area contributed by atoms with Crippen LogP contribution in [0.1, 0.15) is 0 Å². The maximum absolute atomic E-state index is 12.8. The molecule has 2 heterocycles. The van der Waals surface area contributed by atoms with Gasteiger partial charge in [0, 0.05) is 28.8 Å². The second kappa shape index (κ2) is 5.35. The molecule has 1 aliphatic heterocycles. The van der Waals surface area contributed by atoms with Gasteiger partial charge in [-0.3, -0.25) is 4.98 Å². The van der Waals surface area contributed by atoms with E-state index in [4.69, 9.17) is 16.3 Å². The van der Waals surface area contributed by atoms with E-state index >= 15 is 0 Å². The van der Waals surface area contributed by atoms with Gasteiger partial charge in [0.2, 0.25) is 0 Å². The van der Waals surface area contributed by atoms with E-state index in [9.17, 15) is 13.2 Å². The summed E-state index contributed by atoms with van der Waals surface area (Å²) in [4.78, 5) is 5.88. The Hall–Kier alpha value is -1.53. The van der Waals surface area contributed by atoms with Crippen LogP contribution in [0.3, 0.4) is 0 Å². The number of alkyl halides is 3. The lowest BCUT2D eigenvalue weighted by molar-refractivity contribution is -0.221. The van der Waals surface area contributed by atoms with E-state index in [2.05, 4.69) is 4.98 Å². The molecule has 3 nitrogen and oxygen atoms in total. The van der Waals surface area contributed by atoms with Crippen LogP contribution in [0.25, 0.3) is 10.9 Å². The molecule has 0 spiro atoms. The van der Waals surface area contributed by atoms with Crippen molar-refractivity contribution in [2.24, 2.45) is 0 Å². The summed E-state index contributed by atoms with van der Waals surface area (Å²) in [6, 6.07) is 6.89. The standard InChI is InChI=1S/C14H12ClF3N2O/c15-9-1-2-10-11(7-9)19-4-3-12(10)20-5-6-21-13(8-20)14(16,17)18/h1-4,7,13H,5-6,8H2. The third-order valence-electron chi connectivity index (χ3n) is 3.45. The van der Waals surface area contributed by atoms with Crippen molar-refractivity contribution < 1.29 is 17.9 Å². The molecule has 1 atom stereocenters. The Morgan fingerprint density at radius 1 is 1.29 bits per heavy atom. The predicted octanol–water partition coefficient (Wildman–Crippen LogP) is 3.66. The molecule has 0 saturated carbocycles. The van der Waals surface area contributed by atoms with Gasteiger partial charge in [0.25, 0.3) is 0 Å². The number of hydrogen-bond donors (Lipinski definition) is 0. The van der Waals surface area contributed by atoms with E-state index in [1.165, 1.54) is 0 Å². The number of morpholine rings is 1. The van der Waals surface area contributed by atoms with E-state index in [1.54, 1.807) is 35.4 Å². The van der Waals surface area contributed by atoms with Crippen molar-refractivity contribution in [1.82, 2.24) is 4.98 Å². The lowest BCUT2D eigenvalue weighted by Gasteiger charge is -2.35. The van der Waals surface area contributed by atoms with Crippen molar-refractivity contribution in [3.05, 3.63) is 35.5 Å². The molecular weight excluding hydrogens is 305 g/mol. The second-order valence-electron chi connectivity index (χ2n) is 4.84. The van der Waals surface area contributed by atoms with Gasteiger partial charge in [0.05, 0.1) is 18.7 Å². The first-order valence-corrected chi connectivity index (χ1v) is 6.80. The van der Waals surface area contributed by atoms with Gasteiger partial charge in [-0.2, -0.15) is 13.2 Å². The maximum atomic E-state index is 12.8. The van der Waals surface area contributed by atoms with E-state index < -0.39 is 12.3 Å². The van der Waals surface area contributed by atoms with Crippen molar-refractivity contribution in [3.8, 4) is 0 Å². The average Bonchev–Trinajstić information content (AvgIpc) is 2.45. The lowest BCUT2D eigenvalue weighted by atomic mass is 10.1. The minimum atomic E-state index is -4.36. The zero-order valence-corrected chi connectivity index (χ0v) is 11.7. The van der Waals surface area contributed by atoms with Crippen LogP contribution in [0.4, 0.5) is 18.9 Å². The van der Waals surface area contributed by atoms with Gasteiger partial charge in [-0.05, 0) is 24.3 Å². The van der Waals surface area contributed by atoms with Gasteiger partial charge >= 0.3 is 6.18 Å². The van der Waals surface area contributed by atoms with Crippen molar-refractivity contribution in [2.45, 2.75) is 12.3 Å². The summed E-state index contributed by atoms with van der Waals surface area (Å²) in [6.45, 7) is 0.237. The quantitative estimate of drug-likeness (QED) is 0.803. The van der Waals surface area contributed by atoms with Crippen LogP contribution < -0.4 is 4.90 Å². The number of nitrogens with zero attached hydrogens (tertiary/aromatic N) is 2. The normalized spacial score (nSPS) is 20.0. The highest BCUT2D eigenvalue weighted by molar-refractivity contribution is 6.31. The molecular formula is C14H12ClF3N2O. The number of hydrogen-bond acceptors (Lipinski definition) is 3. The molecule has 112 valence electrons. The highest BCUT2D eigenvalue weighted by Gasteiger charge is 2.43. The SMILES string of the molecule is FC(F)(F)C1CN(c2ccnc3cc(Cl)ccc23)CCO1.